The van der Waals surface area contributed by atoms with Crippen molar-refractivity contribution in [2.75, 3.05) is 24.6 Å². The van der Waals surface area contributed by atoms with Crippen LogP contribution >= 0.6 is 0 Å². The van der Waals surface area contributed by atoms with Gasteiger partial charge < -0.3 is 15.2 Å². The Labute approximate surface area is 121 Å². The summed E-state index contributed by atoms with van der Waals surface area (Å²) >= 11 is 0. The smallest absolute Gasteiger partial charge is 0.325 e. The second-order valence-corrected chi connectivity index (χ2v) is 4.52. The van der Waals surface area contributed by atoms with Crippen molar-refractivity contribution in [3.05, 3.63) is 29.8 Å². The maximum Gasteiger partial charge on any atom is 0.325 e. The van der Waals surface area contributed by atoms with Gasteiger partial charge in [-0.05, 0) is 18.6 Å². The Morgan fingerprint density at radius 2 is 2.10 bits per heavy atom. The molecule has 1 atom stereocenters. The maximum absolute atomic E-state index is 12.1. The Kier molecular flexibility index (Phi) is 4.42. The lowest BCUT2D eigenvalue weighted by Gasteiger charge is -2.17. The van der Waals surface area contributed by atoms with Crippen molar-refractivity contribution >= 4 is 23.7 Å². The summed E-state index contributed by atoms with van der Waals surface area (Å²) in [5.41, 5.74) is 1.14. The molecule has 1 heterocycles. The maximum atomic E-state index is 12.1. The topological polar surface area (TPSA) is 95.9 Å². The standard InChI is InChI=1S/C14H16N2O5/c1-2-21-12(17)7-15-14(20)16-8-10(13(18)19)9-5-3-4-6-11(9)16/h3-6,10H,2,7-8H2,1H3,(H,15,20)(H,18,19). The van der Waals surface area contributed by atoms with Gasteiger partial charge in [0.05, 0.1) is 6.61 Å². The molecule has 0 saturated carbocycles. The van der Waals surface area contributed by atoms with Crippen LogP contribution in [0.3, 0.4) is 0 Å². The van der Waals surface area contributed by atoms with Crippen LogP contribution in [0.15, 0.2) is 24.3 Å². The minimum absolute atomic E-state index is 0.0450. The van der Waals surface area contributed by atoms with Gasteiger partial charge in [-0.15, -0.1) is 0 Å². The summed E-state index contributed by atoms with van der Waals surface area (Å²) in [6, 6.07) is 6.32. The second-order valence-electron chi connectivity index (χ2n) is 4.52. The van der Waals surface area contributed by atoms with Crippen molar-refractivity contribution in [2.24, 2.45) is 0 Å². The molecule has 112 valence electrons. The zero-order valence-electron chi connectivity index (χ0n) is 11.5. The van der Waals surface area contributed by atoms with Gasteiger partial charge in [0.25, 0.3) is 0 Å². The zero-order chi connectivity index (χ0) is 15.4. The highest BCUT2D eigenvalue weighted by Crippen LogP contribution is 2.36. The average molecular weight is 292 g/mol. The highest BCUT2D eigenvalue weighted by Gasteiger charge is 2.36. The van der Waals surface area contributed by atoms with Gasteiger partial charge in [-0.1, -0.05) is 18.2 Å². The molecule has 0 bridgehead atoms. The minimum Gasteiger partial charge on any atom is -0.481 e. The molecule has 0 spiro atoms. The SMILES string of the molecule is CCOC(=O)CNC(=O)N1CC(C(=O)O)c2ccccc21. The van der Waals surface area contributed by atoms with Gasteiger partial charge in [0, 0.05) is 12.2 Å². The second kappa shape index (κ2) is 6.25. The molecule has 2 N–H and O–H groups in total. The molecular formula is C14H16N2O5. The van der Waals surface area contributed by atoms with Gasteiger partial charge in [0.2, 0.25) is 0 Å². The molecule has 1 aliphatic heterocycles. The van der Waals surface area contributed by atoms with E-state index in [9.17, 15) is 19.5 Å². The molecule has 1 aromatic carbocycles. The lowest BCUT2D eigenvalue weighted by molar-refractivity contribution is -0.142. The van der Waals surface area contributed by atoms with Crippen LogP contribution in [0, 0.1) is 0 Å². The minimum atomic E-state index is -0.983. The van der Waals surface area contributed by atoms with Gasteiger partial charge in [0.1, 0.15) is 12.5 Å². The van der Waals surface area contributed by atoms with E-state index >= 15 is 0 Å². The third kappa shape index (κ3) is 3.13. The van der Waals surface area contributed by atoms with Crippen LogP contribution in [0.25, 0.3) is 0 Å². The van der Waals surface area contributed by atoms with Gasteiger partial charge in [-0.3, -0.25) is 14.5 Å². The Morgan fingerprint density at radius 1 is 1.38 bits per heavy atom. The number of ether oxygens (including phenoxy) is 1. The quantitative estimate of drug-likeness (QED) is 0.805. The van der Waals surface area contributed by atoms with Crippen molar-refractivity contribution < 1.29 is 24.2 Å². The fourth-order valence-corrected chi connectivity index (χ4v) is 2.27. The van der Waals surface area contributed by atoms with Crippen LogP contribution in [-0.4, -0.2) is 42.8 Å². The first-order chi connectivity index (χ1) is 10.0. The third-order valence-electron chi connectivity index (χ3n) is 3.20. The molecule has 1 aromatic rings. The normalized spacial score (nSPS) is 16.2. The van der Waals surface area contributed by atoms with Crippen molar-refractivity contribution in [2.45, 2.75) is 12.8 Å². The molecule has 0 aliphatic carbocycles. The summed E-state index contributed by atoms with van der Waals surface area (Å²) in [6.07, 6.45) is 0. The average Bonchev–Trinajstić information content (AvgIpc) is 2.85. The van der Waals surface area contributed by atoms with E-state index in [-0.39, 0.29) is 19.7 Å². The number of nitrogens with zero attached hydrogens (tertiary/aromatic N) is 1. The Bertz CT molecular complexity index is 572. The number of urea groups is 1. The first kappa shape index (κ1) is 14.8. The number of hydrogen-bond acceptors (Lipinski definition) is 4. The molecule has 2 rings (SSSR count). The number of carboxylic acid groups (broad SMARTS) is 1. The van der Waals surface area contributed by atoms with E-state index in [0.29, 0.717) is 11.3 Å². The monoisotopic (exact) mass is 292 g/mol. The van der Waals surface area contributed by atoms with Gasteiger partial charge in [-0.25, -0.2) is 4.79 Å². The first-order valence-corrected chi connectivity index (χ1v) is 6.57. The highest BCUT2D eigenvalue weighted by atomic mass is 16.5. The molecule has 0 saturated heterocycles. The number of carbonyl (C=O) groups is 3. The fraction of sp³-hybridized carbons (Fsp3) is 0.357. The Morgan fingerprint density at radius 3 is 2.76 bits per heavy atom. The van der Waals surface area contributed by atoms with Crippen molar-refractivity contribution in [3.8, 4) is 0 Å². The Hall–Kier alpha value is -2.57. The summed E-state index contributed by atoms with van der Waals surface area (Å²) in [5, 5.41) is 11.6. The number of nitrogens with one attached hydrogen (secondary N) is 1. The number of carboxylic acids is 1. The number of aliphatic carboxylic acids is 1. The molecule has 7 heteroatoms. The van der Waals surface area contributed by atoms with Crippen LogP contribution in [0.5, 0.6) is 0 Å². The molecular weight excluding hydrogens is 276 g/mol. The van der Waals surface area contributed by atoms with E-state index in [1.165, 1.54) is 4.90 Å². The van der Waals surface area contributed by atoms with E-state index in [0.717, 1.165) is 0 Å². The highest BCUT2D eigenvalue weighted by molar-refractivity contribution is 5.99. The molecule has 21 heavy (non-hydrogen) atoms. The number of amides is 2. The molecule has 0 fully saturated rings. The fourth-order valence-electron chi connectivity index (χ4n) is 2.27. The van der Waals surface area contributed by atoms with Gasteiger partial charge in [0.15, 0.2) is 0 Å². The molecule has 0 radical (unpaired) electrons. The van der Waals surface area contributed by atoms with Crippen LogP contribution in [0.1, 0.15) is 18.4 Å². The molecule has 1 aliphatic rings. The first-order valence-electron chi connectivity index (χ1n) is 6.57. The predicted molar refractivity (Wildman–Crippen MR) is 74.2 cm³/mol. The van der Waals surface area contributed by atoms with E-state index in [4.69, 9.17) is 4.74 Å². The van der Waals surface area contributed by atoms with Crippen LogP contribution in [0.2, 0.25) is 0 Å². The number of esters is 1. The molecule has 0 aromatic heterocycles. The number of carbonyl (C=O) groups excluding carboxylic acids is 2. The van der Waals surface area contributed by atoms with Crippen LogP contribution in [-0.2, 0) is 14.3 Å². The van der Waals surface area contributed by atoms with E-state index in [1.54, 1.807) is 31.2 Å². The summed E-state index contributed by atoms with van der Waals surface area (Å²) in [4.78, 5) is 35.9. The summed E-state index contributed by atoms with van der Waals surface area (Å²) in [5.74, 6) is -2.27. The van der Waals surface area contributed by atoms with Crippen LogP contribution in [0.4, 0.5) is 10.5 Å². The summed E-state index contributed by atoms with van der Waals surface area (Å²) in [7, 11) is 0. The number of fused-ring (bicyclic) bond motifs is 1. The van der Waals surface area contributed by atoms with Crippen molar-refractivity contribution in [1.82, 2.24) is 5.32 Å². The summed E-state index contributed by atoms with van der Waals surface area (Å²) in [6.45, 7) is 1.71. The molecule has 1 unspecified atom stereocenters. The number of hydrogen-bond donors (Lipinski definition) is 2. The van der Waals surface area contributed by atoms with Gasteiger partial charge >= 0.3 is 18.0 Å². The van der Waals surface area contributed by atoms with Crippen molar-refractivity contribution in [1.29, 1.82) is 0 Å². The lowest BCUT2D eigenvalue weighted by atomic mass is 10.0. The summed E-state index contributed by atoms with van der Waals surface area (Å²) < 4.78 is 4.72. The predicted octanol–water partition coefficient (Wildman–Crippen LogP) is 0.948. The van der Waals surface area contributed by atoms with Crippen molar-refractivity contribution in [3.63, 3.8) is 0 Å². The zero-order valence-corrected chi connectivity index (χ0v) is 11.5. The molecule has 2 amide bonds. The Balaban J connectivity index is 2.09. The van der Waals surface area contributed by atoms with Gasteiger partial charge in [-0.2, -0.15) is 0 Å². The number of para-hydroxylation sites is 1. The van der Waals surface area contributed by atoms with E-state index in [2.05, 4.69) is 5.32 Å². The number of anilines is 1. The number of rotatable bonds is 4. The lowest BCUT2D eigenvalue weighted by Crippen LogP contribution is -2.42. The van der Waals surface area contributed by atoms with Crippen LogP contribution < -0.4 is 10.2 Å². The number of benzene rings is 1. The van der Waals surface area contributed by atoms with E-state index < -0.39 is 23.9 Å². The molecule has 7 nitrogen and oxygen atoms in total. The third-order valence-corrected chi connectivity index (χ3v) is 3.20. The van der Waals surface area contributed by atoms with E-state index in [1.807, 2.05) is 0 Å². The largest absolute Gasteiger partial charge is 0.481 e.